The van der Waals surface area contributed by atoms with Crippen molar-refractivity contribution in [2.45, 2.75) is 68.9 Å². The molecule has 0 saturated carbocycles. The minimum atomic E-state index is -1.65. The van der Waals surface area contributed by atoms with Gasteiger partial charge in [-0.3, -0.25) is 14.4 Å². The van der Waals surface area contributed by atoms with Gasteiger partial charge in [-0.05, 0) is 80.1 Å². The van der Waals surface area contributed by atoms with Crippen LogP contribution in [0.4, 0.5) is 5.13 Å². The molecule has 13 nitrogen and oxygen atoms in total. The zero-order valence-electron chi connectivity index (χ0n) is 42.6. The summed E-state index contributed by atoms with van der Waals surface area (Å²) in [4.78, 5) is 70.0. The molecule has 2 fully saturated rings. The van der Waals surface area contributed by atoms with E-state index in [1.807, 2.05) is 152 Å². The van der Waals surface area contributed by atoms with E-state index in [0.29, 0.717) is 10.7 Å². The Balaban J connectivity index is 1.02. The number of amides is 2. The van der Waals surface area contributed by atoms with Gasteiger partial charge in [0, 0.05) is 17.7 Å². The number of carbonyl (C=O) groups excluding carboxylic acids is 4. The number of benzene rings is 6. The summed E-state index contributed by atoms with van der Waals surface area (Å²) in [6, 6.07) is 57.0. The summed E-state index contributed by atoms with van der Waals surface area (Å²) in [5.74, 6) is -2.26. The van der Waals surface area contributed by atoms with Crippen LogP contribution in [0, 0.1) is 16.7 Å². The number of ether oxygens (including phenoxy) is 2. The third-order valence-electron chi connectivity index (χ3n) is 13.0. The number of β-lactam (4-membered cyclic amide) rings is 1. The van der Waals surface area contributed by atoms with E-state index in [-0.39, 0.29) is 23.7 Å². The zero-order chi connectivity index (χ0) is 53.5. The maximum Gasteiger partial charge on any atom is 0.353 e. The molecule has 15 heteroatoms. The van der Waals surface area contributed by atoms with Crippen molar-refractivity contribution in [3.05, 3.63) is 232 Å². The van der Waals surface area contributed by atoms with Crippen LogP contribution in [0.1, 0.15) is 85.4 Å². The molecular formula is C61H56N6O7S2. The van der Waals surface area contributed by atoms with E-state index >= 15 is 0 Å². The summed E-state index contributed by atoms with van der Waals surface area (Å²) < 4.78 is 12.1. The number of carbonyl (C=O) groups is 4. The molecule has 2 unspecified atom stereocenters. The van der Waals surface area contributed by atoms with E-state index in [1.54, 1.807) is 67.5 Å². The molecule has 7 aromatic rings. The molecule has 2 N–H and O–H groups in total. The Hall–Kier alpha value is -8.32. The van der Waals surface area contributed by atoms with Crippen molar-refractivity contribution >= 4 is 63.8 Å². The fourth-order valence-corrected chi connectivity index (χ4v) is 11.3. The summed E-state index contributed by atoms with van der Waals surface area (Å²) in [5.41, 5.74) is 0.672. The fourth-order valence-electron chi connectivity index (χ4n) is 9.01. The number of anilines is 1. The molecule has 0 spiro atoms. The van der Waals surface area contributed by atoms with E-state index < -0.39 is 63.4 Å². The van der Waals surface area contributed by atoms with Crippen LogP contribution in [0.2, 0.25) is 0 Å². The monoisotopic (exact) mass is 1050 g/mol. The Morgan fingerprint density at radius 1 is 0.776 bits per heavy atom. The summed E-state index contributed by atoms with van der Waals surface area (Å²) in [5, 5.41) is 21.9. The van der Waals surface area contributed by atoms with Crippen molar-refractivity contribution in [1.82, 2.24) is 15.2 Å². The molecule has 384 valence electrons. The lowest BCUT2D eigenvalue weighted by Gasteiger charge is -2.53. The highest BCUT2D eigenvalue weighted by atomic mass is 32.2. The van der Waals surface area contributed by atoms with E-state index in [4.69, 9.17) is 19.3 Å². The Morgan fingerprint density at radius 3 is 1.82 bits per heavy atom. The van der Waals surface area contributed by atoms with Gasteiger partial charge in [0.05, 0.1) is 11.6 Å². The van der Waals surface area contributed by atoms with Gasteiger partial charge in [0.15, 0.2) is 16.9 Å². The molecule has 3 heterocycles. The van der Waals surface area contributed by atoms with Crippen LogP contribution in [0.25, 0.3) is 6.08 Å². The molecule has 2 aliphatic rings. The largest absolute Gasteiger partial charge is 0.457 e. The van der Waals surface area contributed by atoms with E-state index in [1.165, 1.54) is 36.9 Å². The minimum absolute atomic E-state index is 0.0426. The Kier molecular flexibility index (Phi) is 15.4. The number of rotatable bonds is 17. The summed E-state index contributed by atoms with van der Waals surface area (Å²) in [6.45, 7) is 8.14. The maximum atomic E-state index is 14.9. The lowest BCUT2D eigenvalue weighted by atomic mass is 9.77. The van der Waals surface area contributed by atoms with Gasteiger partial charge in [-0.1, -0.05) is 181 Å². The third-order valence-corrected chi connectivity index (χ3v) is 15.3. The first-order valence-corrected chi connectivity index (χ1v) is 26.7. The van der Waals surface area contributed by atoms with Crippen LogP contribution < -0.4 is 10.6 Å². The molecule has 6 aromatic carbocycles. The lowest BCUT2D eigenvalue weighted by Crippen LogP contribution is -2.74. The van der Waals surface area contributed by atoms with E-state index in [9.17, 15) is 24.4 Å². The van der Waals surface area contributed by atoms with E-state index in [0.717, 1.165) is 33.4 Å². The van der Waals surface area contributed by atoms with E-state index in [2.05, 4.69) is 21.9 Å². The van der Waals surface area contributed by atoms with Crippen LogP contribution in [0.3, 0.4) is 0 Å². The lowest BCUT2D eigenvalue weighted by molar-refractivity contribution is -0.179. The Morgan fingerprint density at radius 2 is 1.30 bits per heavy atom. The molecule has 0 aliphatic carbocycles. The van der Waals surface area contributed by atoms with Crippen LogP contribution in [0.15, 0.2) is 193 Å². The quantitative estimate of drug-likeness (QED) is 0.0292. The Labute approximate surface area is 450 Å². The number of hydrogen-bond acceptors (Lipinski definition) is 13. The smallest absolute Gasteiger partial charge is 0.353 e. The minimum Gasteiger partial charge on any atom is -0.457 e. The van der Waals surface area contributed by atoms with Crippen LogP contribution in [-0.2, 0) is 39.0 Å². The van der Waals surface area contributed by atoms with Gasteiger partial charge >= 0.3 is 11.9 Å². The molecule has 0 bridgehead atoms. The molecule has 2 saturated heterocycles. The number of thiazole rings is 1. The van der Waals surface area contributed by atoms with Crippen molar-refractivity contribution in [3.8, 4) is 6.07 Å². The van der Waals surface area contributed by atoms with Gasteiger partial charge in [0.2, 0.25) is 11.5 Å². The molecule has 9 rings (SSSR count). The molecule has 2 aliphatic heterocycles. The number of aromatic nitrogens is 1. The van der Waals surface area contributed by atoms with Crippen LogP contribution in [0.5, 0.6) is 0 Å². The van der Waals surface area contributed by atoms with Crippen molar-refractivity contribution in [1.29, 1.82) is 5.26 Å². The van der Waals surface area contributed by atoms with Gasteiger partial charge in [0.25, 0.3) is 5.91 Å². The molecule has 3 atom stereocenters. The maximum absolute atomic E-state index is 14.9. The molecule has 1 aromatic heterocycles. The summed E-state index contributed by atoms with van der Waals surface area (Å²) in [6.07, 6.45) is 2.83. The zero-order valence-corrected chi connectivity index (χ0v) is 44.2. The topological polar surface area (TPSA) is 172 Å². The number of nitrogens with one attached hydrogen (secondary N) is 2. The predicted octanol–water partition coefficient (Wildman–Crippen LogP) is 10.7. The number of oxime groups is 1. The standard InChI is InChI=1S/C61H56N6O7S2/c1-58(2,3)73-55(70)59(4,5)74-66-49(48-38-75-57(63-48)65-61(45-25-15-8-16-26-45,46-27-17-9-18-28-46)47-29-19-10-20-30-47)52(68)64-50-53(69)67-39-60(40-76-54(50)67,36-35-41-31-33-42(37-62)34-32-41)56(71)72-51(43-21-11-6-12-22-43)44-23-13-7-14-24-44/h6-36,38,50-51,54H,39-40H2,1-5H3,(H,63,65)(H,64,68)/t50?,54-,60?/m1/s1. The number of nitriles is 1. The SMILES string of the molecule is CC(C)(C)OC(=O)C(C)(C)ON=C(C(=O)NC1C(=O)N2CC(C=Cc3ccc(C#N)cc3)(C(=O)OC(c3ccccc3)c3ccccc3)CS[C@H]12)c1csc(NC(c2ccccc2)(c2ccccc2)c2ccccc2)n1. The highest BCUT2D eigenvalue weighted by Gasteiger charge is 2.58. The highest BCUT2D eigenvalue weighted by molar-refractivity contribution is 8.00. The third kappa shape index (κ3) is 11.3. The van der Waals surface area contributed by atoms with Crippen molar-refractivity contribution in [2.75, 3.05) is 17.6 Å². The molecular weight excluding hydrogens is 993 g/mol. The highest BCUT2D eigenvalue weighted by Crippen LogP contribution is 2.46. The van der Waals surface area contributed by atoms with Crippen molar-refractivity contribution < 1.29 is 33.5 Å². The van der Waals surface area contributed by atoms with Gasteiger partial charge in [-0.15, -0.1) is 23.1 Å². The average Bonchev–Trinajstić information content (AvgIpc) is 3.94. The Bertz CT molecular complexity index is 3150. The number of hydrogen-bond donors (Lipinski definition) is 2. The van der Waals surface area contributed by atoms with Crippen molar-refractivity contribution in [2.24, 2.45) is 10.6 Å². The number of nitrogens with zero attached hydrogens (tertiary/aromatic N) is 4. The first-order chi connectivity index (χ1) is 36.6. The second kappa shape index (κ2) is 22.3. The number of fused-ring (bicyclic) bond motifs is 1. The van der Waals surface area contributed by atoms with Gasteiger partial charge in [0.1, 0.15) is 33.7 Å². The van der Waals surface area contributed by atoms with Gasteiger partial charge < -0.3 is 29.8 Å². The normalized spacial score (nSPS) is 17.7. The average molecular weight is 1050 g/mol. The summed E-state index contributed by atoms with van der Waals surface area (Å²) in [7, 11) is 0. The second-order valence-corrected chi connectivity index (χ2v) is 22.0. The first kappa shape index (κ1) is 52.5. The molecule has 0 radical (unpaired) electrons. The van der Waals surface area contributed by atoms with Gasteiger partial charge in [-0.25, -0.2) is 9.78 Å². The molecule has 2 amide bonds. The predicted molar refractivity (Wildman–Crippen MR) is 296 cm³/mol. The number of thioether (sulfide) groups is 1. The van der Waals surface area contributed by atoms with Gasteiger partial charge in [-0.2, -0.15) is 5.26 Å². The van der Waals surface area contributed by atoms with Crippen molar-refractivity contribution in [3.63, 3.8) is 0 Å². The van der Waals surface area contributed by atoms with Crippen LogP contribution >= 0.6 is 23.1 Å². The van der Waals surface area contributed by atoms with Crippen LogP contribution in [-0.4, -0.2) is 74.3 Å². The fraction of sp³-hybridized carbons (Fsp3) is 0.230. The first-order valence-electron chi connectivity index (χ1n) is 24.7. The molecule has 76 heavy (non-hydrogen) atoms. The second-order valence-electron chi connectivity index (χ2n) is 20.0. The summed E-state index contributed by atoms with van der Waals surface area (Å²) >= 11 is 2.59. The number of esters is 2.